The van der Waals surface area contributed by atoms with Crippen LogP contribution in [0.25, 0.3) is 10.2 Å². The number of hydrogen-bond acceptors (Lipinski definition) is 4. The number of nitrogens with zero attached hydrogens (tertiary/aromatic N) is 1. The number of thiazole rings is 1. The molecule has 1 heterocycles. The highest BCUT2D eigenvalue weighted by molar-refractivity contribution is 7.18. The van der Waals surface area contributed by atoms with Crippen LogP contribution in [0.2, 0.25) is 5.02 Å². The predicted octanol–water partition coefficient (Wildman–Crippen LogP) is 4.23. The minimum atomic E-state index is -0.0350. The lowest BCUT2D eigenvalue weighted by molar-refractivity contribution is 0.281. The smallest absolute Gasteiger partial charge is 0.128 e. The second-order valence-electron chi connectivity index (χ2n) is 3.95. The number of benzene rings is 2. The Labute approximate surface area is 119 Å². The van der Waals surface area contributed by atoms with Gasteiger partial charge in [-0.1, -0.05) is 11.6 Å². The van der Waals surface area contributed by atoms with E-state index in [9.17, 15) is 0 Å². The quantitative estimate of drug-likeness (QED) is 0.785. The van der Waals surface area contributed by atoms with Crippen LogP contribution in [0.4, 0.5) is 0 Å². The van der Waals surface area contributed by atoms with Crippen molar-refractivity contribution in [3.8, 4) is 11.5 Å². The average molecular weight is 292 g/mol. The van der Waals surface area contributed by atoms with E-state index < -0.39 is 0 Å². The highest BCUT2D eigenvalue weighted by atomic mass is 35.5. The maximum Gasteiger partial charge on any atom is 0.128 e. The van der Waals surface area contributed by atoms with Crippen molar-refractivity contribution < 1.29 is 9.84 Å². The molecular weight excluding hydrogens is 282 g/mol. The number of aliphatic hydroxyl groups excluding tert-OH is 1. The Kier molecular flexibility index (Phi) is 3.38. The molecule has 2 aromatic carbocycles. The average Bonchev–Trinajstić information content (AvgIpc) is 2.83. The number of hydrogen-bond donors (Lipinski definition) is 1. The molecular formula is C14H10ClNO2S. The van der Waals surface area contributed by atoms with Gasteiger partial charge in [0.15, 0.2) is 0 Å². The van der Waals surface area contributed by atoms with Gasteiger partial charge < -0.3 is 9.84 Å². The normalized spacial score (nSPS) is 10.8. The summed E-state index contributed by atoms with van der Waals surface area (Å²) >= 11 is 7.29. The summed E-state index contributed by atoms with van der Waals surface area (Å²) in [6.07, 6.45) is 0. The minimum absolute atomic E-state index is 0.0350. The molecule has 5 heteroatoms. The molecule has 0 bridgehead atoms. The molecule has 0 atom stereocenters. The summed E-state index contributed by atoms with van der Waals surface area (Å²) in [5.74, 6) is 1.47. The van der Waals surface area contributed by atoms with Crippen molar-refractivity contribution in [2.24, 2.45) is 0 Å². The van der Waals surface area contributed by atoms with Crippen molar-refractivity contribution in [1.29, 1.82) is 0 Å². The molecule has 96 valence electrons. The van der Waals surface area contributed by atoms with E-state index in [4.69, 9.17) is 21.4 Å². The number of halogens is 1. The molecule has 0 aliphatic carbocycles. The van der Waals surface area contributed by atoms with Crippen molar-refractivity contribution in [1.82, 2.24) is 4.98 Å². The van der Waals surface area contributed by atoms with Gasteiger partial charge in [-0.2, -0.15) is 0 Å². The van der Waals surface area contributed by atoms with E-state index in [1.165, 1.54) is 11.3 Å². The topological polar surface area (TPSA) is 42.4 Å². The molecule has 0 radical (unpaired) electrons. The third-order valence-corrected chi connectivity index (χ3v) is 3.84. The lowest BCUT2D eigenvalue weighted by Gasteiger charge is -2.05. The first kappa shape index (κ1) is 12.4. The van der Waals surface area contributed by atoms with Gasteiger partial charge in [0, 0.05) is 11.1 Å². The predicted molar refractivity (Wildman–Crippen MR) is 77.1 cm³/mol. The van der Waals surface area contributed by atoms with Gasteiger partial charge in [0.05, 0.1) is 16.8 Å². The van der Waals surface area contributed by atoms with Crippen molar-refractivity contribution in [2.75, 3.05) is 0 Å². The minimum Gasteiger partial charge on any atom is -0.457 e. The van der Waals surface area contributed by atoms with Crippen LogP contribution in [0, 0.1) is 0 Å². The van der Waals surface area contributed by atoms with Crippen molar-refractivity contribution in [3.63, 3.8) is 0 Å². The molecule has 19 heavy (non-hydrogen) atoms. The first-order chi connectivity index (χ1) is 9.24. The van der Waals surface area contributed by atoms with Gasteiger partial charge in [-0.25, -0.2) is 4.98 Å². The fourth-order valence-corrected chi connectivity index (χ4v) is 2.70. The van der Waals surface area contributed by atoms with E-state index in [-0.39, 0.29) is 6.61 Å². The Hall–Kier alpha value is -1.62. The van der Waals surface area contributed by atoms with Crippen LogP contribution in [0.5, 0.6) is 11.5 Å². The van der Waals surface area contributed by atoms with Crippen LogP contribution in [0.1, 0.15) is 5.01 Å². The van der Waals surface area contributed by atoms with E-state index in [1.807, 2.05) is 30.3 Å². The fraction of sp³-hybridized carbons (Fsp3) is 0.0714. The van der Waals surface area contributed by atoms with Gasteiger partial charge in [-0.05, 0) is 36.4 Å². The monoisotopic (exact) mass is 291 g/mol. The van der Waals surface area contributed by atoms with E-state index in [0.717, 1.165) is 21.7 Å². The zero-order valence-corrected chi connectivity index (χ0v) is 11.4. The lowest BCUT2D eigenvalue weighted by Crippen LogP contribution is -1.83. The first-order valence-corrected chi connectivity index (χ1v) is 6.88. The number of rotatable bonds is 3. The fourth-order valence-electron chi connectivity index (χ4n) is 1.72. The molecule has 1 aromatic heterocycles. The van der Waals surface area contributed by atoms with Crippen LogP contribution in [-0.4, -0.2) is 10.1 Å². The molecule has 1 N–H and O–H groups in total. The molecule has 0 amide bonds. The third kappa shape index (κ3) is 2.71. The van der Waals surface area contributed by atoms with Gasteiger partial charge in [-0.3, -0.25) is 0 Å². The van der Waals surface area contributed by atoms with Gasteiger partial charge in [0.2, 0.25) is 0 Å². The second kappa shape index (κ2) is 5.17. The molecule has 0 fully saturated rings. The Morgan fingerprint density at radius 2 is 1.84 bits per heavy atom. The Morgan fingerprint density at radius 1 is 1.11 bits per heavy atom. The third-order valence-electron chi connectivity index (χ3n) is 2.59. The van der Waals surface area contributed by atoms with Gasteiger partial charge in [0.25, 0.3) is 0 Å². The molecule has 3 aromatic rings. The molecule has 3 nitrogen and oxygen atoms in total. The van der Waals surface area contributed by atoms with Crippen molar-refractivity contribution in [3.05, 3.63) is 52.5 Å². The van der Waals surface area contributed by atoms with E-state index in [0.29, 0.717) is 10.0 Å². The lowest BCUT2D eigenvalue weighted by atomic mass is 10.3. The summed E-state index contributed by atoms with van der Waals surface area (Å²) in [7, 11) is 0. The summed E-state index contributed by atoms with van der Waals surface area (Å²) in [6.45, 7) is -0.0350. The van der Waals surface area contributed by atoms with Crippen molar-refractivity contribution in [2.45, 2.75) is 6.61 Å². The Balaban J connectivity index is 1.90. The van der Waals surface area contributed by atoms with E-state index in [1.54, 1.807) is 12.1 Å². The van der Waals surface area contributed by atoms with Gasteiger partial charge >= 0.3 is 0 Å². The number of aromatic nitrogens is 1. The summed E-state index contributed by atoms with van der Waals surface area (Å²) in [5.41, 5.74) is 0.873. The Bertz CT molecular complexity index is 709. The van der Waals surface area contributed by atoms with Crippen LogP contribution >= 0.6 is 22.9 Å². The van der Waals surface area contributed by atoms with Crippen LogP contribution in [-0.2, 0) is 6.61 Å². The molecule has 0 saturated carbocycles. The molecule has 0 unspecified atom stereocenters. The first-order valence-electron chi connectivity index (χ1n) is 5.68. The zero-order valence-electron chi connectivity index (χ0n) is 9.84. The second-order valence-corrected chi connectivity index (χ2v) is 5.50. The van der Waals surface area contributed by atoms with Crippen LogP contribution in [0.15, 0.2) is 42.5 Å². The van der Waals surface area contributed by atoms with E-state index in [2.05, 4.69) is 4.98 Å². The standard InChI is InChI=1S/C14H10ClNO2S/c15-9-1-3-10(4-2-9)18-11-5-6-12-13(7-11)19-14(8-17)16-12/h1-7,17H,8H2. The zero-order chi connectivity index (χ0) is 13.2. The number of fused-ring (bicyclic) bond motifs is 1. The molecule has 3 rings (SSSR count). The Morgan fingerprint density at radius 3 is 2.58 bits per heavy atom. The molecule has 0 aliphatic rings. The molecule has 0 saturated heterocycles. The highest BCUT2D eigenvalue weighted by Gasteiger charge is 2.05. The van der Waals surface area contributed by atoms with Crippen LogP contribution in [0.3, 0.4) is 0 Å². The molecule has 0 spiro atoms. The molecule has 0 aliphatic heterocycles. The number of aliphatic hydroxyl groups is 1. The summed E-state index contributed by atoms with van der Waals surface area (Å²) in [5, 5.41) is 10.5. The summed E-state index contributed by atoms with van der Waals surface area (Å²) in [6, 6.07) is 12.9. The maximum atomic E-state index is 9.07. The maximum absolute atomic E-state index is 9.07. The SMILES string of the molecule is OCc1nc2ccc(Oc3ccc(Cl)cc3)cc2s1. The number of ether oxygens (including phenoxy) is 1. The van der Waals surface area contributed by atoms with Crippen molar-refractivity contribution >= 4 is 33.2 Å². The van der Waals surface area contributed by atoms with Crippen LogP contribution < -0.4 is 4.74 Å². The summed E-state index contributed by atoms with van der Waals surface area (Å²) in [4.78, 5) is 4.29. The highest BCUT2D eigenvalue weighted by Crippen LogP contribution is 2.29. The van der Waals surface area contributed by atoms with E-state index >= 15 is 0 Å². The largest absolute Gasteiger partial charge is 0.457 e. The summed E-state index contributed by atoms with van der Waals surface area (Å²) < 4.78 is 6.74. The van der Waals surface area contributed by atoms with Gasteiger partial charge in [0.1, 0.15) is 16.5 Å². The van der Waals surface area contributed by atoms with Gasteiger partial charge in [-0.15, -0.1) is 11.3 Å².